The normalized spacial score (nSPS) is 13.3. The lowest BCUT2D eigenvalue weighted by Crippen LogP contribution is -2.50. The SMILES string of the molecule is CCCCCc1c(SCC(NC(=O)CCC(N)C(=O)O)C(=O)N(C)C(=O)O)ccn1C(CCC(=O)NC(CS)C(=O)N(C)C(=O)O)C(=O)O. The second-order valence-electron chi connectivity index (χ2n) is 11.0. The van der Waals surface area contributed by atoms with Gasteiger partial charge in [-0.25, -0.2) is 24.2 Å². The smallest absolute Gasteiger partial charge is 0.413 e. The third-order valence-corrected chi connectivity index (χ3v) is 8.90. The predicted octanol–water partition coefficient (Wildman–Crippen LogP) is 1.08. The van der Waals surface area contributed by atoms with Crippen LogP contribution in [0.2, 0.25) is 0 Å². The maximum absolute atomic E-state index is 13.0. The van der Waals surface area contributed by atoms with Gasteiger partial charge in [0.05, 0.1) is 0 Å². The van der Waals surface area contributed by atoms with Crippen LogP contribution in [0.15, 0.2) is 17.2 Å². The van der Waals surface area contributed by atoms with Crippen LogP contribution in [0, 0.1) is 0 Å². The zero-order valence-corrected chi connectivity index (χ0v) is 29.1. The number of aromatic nitrogens is 1. The van der Waals surface area contributed by atoms with Gasteiger partial charge < -0.3 is 41.4 Å². The van der Waals surface area contributed by atoms with Crippen molar-refractivity contribution in [3.05, 3.63) is 18.0 Å². The number of carbonyl (C=O) groups is 8. The summed E-state index contributed by atoms with van der Waals surface area (Å²) >= 11 is 5.07. The summed E-state index contributed by atoms with van der Waals surface area (Å²) in [6, 6.07) is -3.56. The van der Waals surface area contributed by atoms with Crippen LogP contribution in [-0.2, 0) is 35.2 Å². The number of nitrogens with zero attached hydrogens (tertiary/aromatic N) is 3. The van der Waals surface area contributed by atoms with E-state index in [-0.39, 0.29) is 37.2 Å². The first kappa shape index (κ1) is 42.7. The van der Waals surface area contributed by atoms with E-state index in [4.69, 9.17) is 15.9 Å². The minimum absolute atomic E-state index is 0.165. The predicted molar refractivity (Wildman–Crippen MR) is 178 cm³/mol. The molecule has 0 saturated carbocycles. The van der Waals surface area contributed by atoms with Crippen molar-refractivity contribution >= 4 is 72.1 Å². The summed E-state index contributed by atoms with van der Waals surface area (Å²) < 4.78 is 1.49. The van der Waals surface area contributed by atoms with Crippen LogP contribution in [0.25, 0.3) is 0 Å². The van der Waals surface area contributed by atoms with Gasteiger partial charge in [-0.1, -0.05) is 19.8 Å². The molecule has 0 bridgehead atoms. The van der Waals surface area contributed by atoms with Gasteiger partial charge in [0.1, 0.15) is 24.2 Å². The molecule has 4 atom stereocenters. The number of hydrogen-bond donors (Lipinski definition) is 8. The summed E-state index contributed by atoms with van der Waals surface area (Å²) in [6.07, 6.45) is 0.0208. The molecule has 8 N–H and O–H groups in total. The average Bonchev–Trinajstić information content (AvgIpc) is 3.44. The Balaban J connectivity index is 3.25. The van der Waals surface area contributed by atoms with Crippen LogP contribution in [0.3, 0.4) is 0 Å². The number of likely N-dealkylation sites (N-methyl/N-ethyl adjacent to an activating group) is 2. The number of carboxylic acids is 2. The summed E-state index contributed by atoms with van der Waals surface area (Å²) in [5, 5.41) is 42.3. The van der Waals surface area contributed by atoms with Crippen molar-refractivity contribution < 1.29 is 58.8 Å². The van der Waals surface area contributed by atoms with Crippen molar-refractivity contribution in [3.63, 3.8) is 0 Å². The first-order chi connectivity index (χ1) is 23.0. The van der Waals surface area contributed by atoms with E-state index >= 15 is 0 Å². The highest BCUT2D eigenvalue weighted by Gasteiger charge is 2.31. The molecule has 0 aliphatic carbocycles. The number of rotatable bonds is 21. The third kappa shape index (κ3) is 13.6. The lowest BCUT2D eigenvalue weighted by molar-refractivity contribution is -0.142. The molecule has 1 heterocycles. The minimum Gasteiger partial charge on any atom is -0.480 e. The van der Waals surface area contributed by atoms with Crippen molar-refractivity contribution in [2.75, 3.05) is 25.6 Å². The van der Waals surface area contributed by atoms with E-state index in [1.54, 1.807) is 6.07 Å². The van der Waals surface area contributed by atoms with Gasteiger partial charge in [-0.2, -0.15) is 12.6 Å². The van der Waals surface area contributed by atoms with E-state index in [1.165, 1.54) is 10.8 Å². The number of thioether (sulfide) groups is 1. The van der Waals surface area contributed by atoms with E-state index in [9.17, 15) is 48.6 Å². The molecule has 6 amide bonds. The number of nitrogens with two attached hydrogens (primary N) is 1. The van der Waals surface area contributed by atoms with Gasteiger partial charge in [-0.05, 0) is 31.7 Å². The van der Waals surface area contributed by atoms with Gasteiger partial charge in [0.25, 0.3) is 11.8 Å². The summed E-state index contributed by atoms with van der Waals surface area (Å²) in [4.78, 5) is 98.0. The van der Waals surface area contributed by atoms with Crippen molar-refractivity contribution in [1.82, 2.24) is 25.0 Å². The number of thiol groups is 1. The molecule has 1 aromatic rings. The molecule has 0 radical (unpaired) electrons. The number of unbranched alkanes of at least 4 members (excludes halogenated alkanes) is 2. The Kier molecular flexibility index (Phi) is 18.2. The zero-order chi connectivity index (χ0) is 37.4. The van der Waals surface area contributed by atoms with Crippen LogP contribution in [0.1, 0.15) is 63.6 Å². The highest BCUT2D eigenvalue weighted by molar-refractivity contribution is 7.99. The van der Waals surface area contributed by atoms with Gasteiger partial charge in [0, 0.05) is 55.2 Å². The van der Waals surface area contributed by atoms with Crippen LogP contribution in [0.4, 0.5) is 9.59 Å². The quantitative estimate of drug-likeness (QED) is 0.0499. The molecule has 0 spiro atoms. The molecule has 20 heteroatoms. The maximum atomic E-state index is 13.0. The van der Waals surface area contributed by atoms with E-state index in [2.05, 4.69) is 23.3 Å². The van der Waals surface area contributed by atoms with Crippen LogP contribution < -0.4 is 16.4 Å². The molecule has 49 heavy (non-hydrogen) atoms. The molecule has 4 unspecified atom stereocenters. The number of aliphatic carboxylic acids is 2. The summed E-state index contributed by atoms with van der Waals surface area (Å²) in [7, 11) is 2.03. The third-order valence-electron chi connectivity index (χ3n) is 7.35. The molecular formula is C29H44N6O12S2. The Morgan fingerprint density at radius 1 is 0.857 bits per heavy atom. The molecule has 0 fully saturated rings. The Hall–Kier alpha value is -4.30. The molecule has 18 nitrogen and oxygen atoms in total. The monoisotopic (exact) mass is 732 g/mol. The van der Waals surface area contributed by atoms with E-state index in [0.717, 1.165) is 38.7 Å². The van der Waals surface area contributed by atoms with Crippen LogP contribution >= 0.6 is 24.4 Å². The fourth-order valence-electron chi connectivity index (χ4n) is 4.46. The first-order valence-corrected chi connectivity index (χ1v) is 16.8. The largest absolute Gasteiger partial charge is 0.480 e. The molecule has 0 saturated heterocycles. The van der Waals surface area contributed by atoms with Crippen LogP contribution in [-0.4, -0.2) is 126 Å². The zero-order valence-electron chi connectivity index (χ0n) is 27.4. The lowest BCUT2D eigenvalue weighted by Gasteiger charge is -2.23. The van der Waals surface area contributed by atoms with Crippen molar-refractivity contribution in [2.24, 2.45) is 5.73 Å². The van der Waals surface area contributed by atoms with Crippen molar-refractivity contribution in [2.45, 2.75) is 87.4 Å². The van der Waals surface area contributed by atoms with Gasteiger partial charge in [0.2, 0.25) is 11.8 Å². The molecule has 1 rings (SSSR count). The number of carboxylic acid groups (broad SMARTS) is 4. The Morgan fingerprint density at radius 3 is 1.88 bits per heavy atom. The summed E-state index contributed by atoms with van der Waals surface area (Å²) in [6.45, 7) is 1.98. The number of hydrogen-bond acceptors (Lipinski definition) is 11. The standard InChI is InChI=1S/C29H44N6O12S2/c1-4-5-6-7-19-21(49-15-18(25(39)34(3)29(46)47)32-22(36)10-8-16(30)26(40)41)12-13-35(19)20(27(42)43)9-11-23(37)31-17(14-48)24(38)33(2)28(44)45/h12-13,16-18,20,48H,4-11,14-15,30H2,1-3H3,(H,31,37)(H,32,36)(H,40,41)(H,42,43)(H,44,45)(H,46,47). The highest BCUT2D eigenvalue weighted by Crippen LogP contribution is 2.30. The molecular weight excluding hydrogens is 688 g/mol. The maximum Gasteiger partial charge on any atom is 0.413 e. The van der Waals surface area contributed by atoms with Crippen molar-refractivity contribution in [3.8, 4) is 0 Å². The van der Waals surface area contributed by atoms with Gasteiger partial charge in [-0.3, -0.25) is 24.0 Å². The molecule has 0 aromatic carbocycles. The summed E-state index contributed by atoms with van der Waals surface area (Å²) in [5.74, 6) is -6.23. The van der Waals surface area contributed by atoms with E-state index in [1.807, 2.05) is 6.92 Å². The number of amides is 6. The van der Waals surface area contributed by atoms with E-state index < -0.39 is 71.9 Å². The second-order valence-corrected chi connectivity index (χ2v) is 12.4. The molecule has 1 aromatic heterocycles. The second kappa shape index (κ2) is 20.9. The number of imide groups is 2. The molecule has 0 aliphatic rings. The number of carbonyl (C=O) groups excluding carboxylic acids is 4. The Bertz CT molecular complexity index is 1370. The van der Waals surface area contributed by atoms with Gasteiger partial charge >= 0.3 is 24.1 Å². The topological polar surface area (TPSA) is 279 Å². The lowest BCUT2D eigenvalue weighted by atomic mass is 10.1. The van der Waals surface area contributed by atoms with Gasteiger partial charge in [0.15, 0.2) is 0 Å². The Labute approximate surface area is 292 Å². The van der Waals surface area contributed by atoms with Crippen molar-refractivity contribution in [1.29, 1.82) is 0 Å². The molecule has 0 aliphatic heterocycles. The minimum atomic E-state index is -1.57. The Morgan fingerprint density at radius 2 is 1.39 bits per heavy atom. The average molecular weight is 733 g/mol. The van der Waals surface area contributed by atoms with Crippen LogP contribution in [0.5, 0.6) is 0 Å². The fourth-order valence-corrected chi connectivity index (χ4v) is 5.81. The first-order valence-electron chi connectivity index (χ1n) is 15.2. The van der Waals surface area contributed by atoms with Gasteiger partial charge in [-0.15, -0.1) is 11.8 Å². The fraction of sp³-hybridized carbons (Fsp3) is 0.586. The highest BCUT2D eigenvalue weighted by atomic mass is 32.2. The summed E-state index contributed by atoms with van der Waals surface area (Å²) in [5.41, 5.74) is 6.01. The molecule has 274 valence electrons. The van der Waals surface area contributed by atoms with E-state index in [0.29, 0.717) is 33.2 Å². The number of nitrogens with one attached hydrogen (secondary N) is 2.